The Kier molecular flexibility index (Phi) is 2.51. The molecule has 3 nitrogen and oxygen atoms in total. The smallest absolute Gasteiger partial charge is 0.182 e. The first-order valence-corrected chi connectivity index (χ1v) is 5.40. The van der Waals surface area contributed by atoms with Crippen LogP contribution in [-0.2, 0) is 11.3 Å². The van der Waals surface area contributed by atoms with E-state index in [1.165, 1.54) is 22.6 Å². The van der Waals surface area contributed by atoms with Crippen molar-refractivity contribution < 1.29 is 4.74 Å². The molecule has 72 valence electrons. The number of aryl methyl sites for hydroxylation is 1. The van der Waals surface area contributed by atoms with E-state index in [1.807, 2.05) is 17.7 Å². The highest BCUT2D eigenvalue weighted by atomic mass is 32.1. The number of thiazole rings is 1. The van der Waals surface area contributed by atoms with E-state index in [4.69, 9.17) is 10.1 Å². The maximum absolute atomic E-state index is 7.68. The van der Waals surface area contributed by atoms with Gasteiger partial charge in [-0.25, -0.2) is 0 Å². The molecular weight excluding hydrogens is 184 g/mol. The van der Waals surface area contributed by atoms with Gasteiger partial charge in [0.25, 0.3) is 0 Å². The summed E-state index contributed by atoms with van der Waals surface area (Å²) in [6.45, 7) is 3.78. The molecule has 1 fully saturated rings. The zero-order chi connectivity index (χ0) is 9.26. The Morgan fingerprint density at radius 3 is 3.15 bits per heavy atom. The van der Waals surface area contributed by atoms with E-state index in [-0.39, 0.29) is 0 Å². The molecule has 13 heavy (non-hydrogen) atoms. The van der Waals surface area contributed by atoms with Gasteiger partial charge < -0.3 is 9.30 Å². The fourth-order valence-corrected chi connectivity index (χ4v) is 2.39. The second kappa shape index (κ2) is 3.64. The third kappa shape index (κ3) is 2.00. The van der Waals surface area contributed by atoms with E-state index < -0.39 is 0 Å². The minimum absolute atomic E-state index is 0.336. The number of hydrogen-bond donors (Lipinski definition) is 1. The molecule has 0 amide bonds. The number of aromatic nitrogens is 1. The first kappa shape index (κ1) is 8.97. The number of nitrogens with one attached hydrogen (secondary N) is 1. The average Bonchev–Trinajstić information content (AvgIpc) is 2.63. The van der Waals surface area contributed by atoms with Crippen molar-refractivity contribution in [2.45, 2.75) is 32.4 Å². The van der Waals surface area contributed by atoms with Gasteiger partial charge in [-0.1, -0.05) is 0 Å². The van der Waals surface area contributed by atoms with Crippen molar-refractivity contribution in [3.05, 3.63) is 15.9 Å². The highest BCUT2D eigenvalue weighted by molar-refractivity contribution is 7.09. The zero-order valence-corrected chi connectivity index (χ0v) is 8.56. The molecular formula is C9H14N2OS. The van der Waals surface area contributed by atoms with Crippen LogP contribution in [0.15, 0.2) is 6.20 Å². The topological polar surface area (TPSA) is 38.0 Å². The van der Waals surface area contributed by atoms with Crippen molar-refractivity contribution in [3.8, 4) is 0 Å². The van der Waals surface area contributed by atoms with E-state index in [9.17, 15) is 0 Å². The van der Waals surface area contributed by atoms with Gasteiger partial charge in [-0.2, -0.15) is 0 Å². The predicted molar refractivity (Wildman–Crippen MR) is 51.9 cm³/mol. The van der Waals surface area contributed by atoms with Crippen molar-refractivity contribution in [3.63, 3.8) is 0 Å². The summed E-state index contributed by atoms with van der Waals surface area (Å²) in [6.07, 6.45) is 4.68. The normalized spacial score (nSPS) is 22.4. The molecule has 0 unspecified atom stereocenters. The Bertz CT molecular complexity index is 336. The fourth-order valence-electron chi connectivity index (χ4n) is 1.66. The molecule has 0 radical (unpaired) electrons. The van der Waals surface area contributed by atoms with Crippen molar-refractivity contribution in [2.75, 3.05) is 6.61 Å². The van der Waals surface area contributed by atoms with Crippen molar-refractivity contribution in [1.29, 1.82) is 5.41 Å². The van der Waals surface area contributed by atoms with Gasteiger partial charge in [0.05, 0.1) is 12.6 Å². The van der Waals surface area contributed by atoms with Crippen LogP contribution in [0.2, 0.25) is 0 Å². The highest BCUT2D eigenvalue weighted by Gasteiger charge is 2.16. The van der Waals surface area contributed by atoms with Gasteiger partial charge in [-0.05, 0) is 19.8 Å². The van der Waals surface area contributed by atoms with Crippen LogP contribution in [0.5, 0.6) is 0 Å². The summed E-state index contributed by atoms with van der Waals surface area (Å²) in [4.78, 5) is 1.83. The summed E-state index contributed by atoms with van der Waals surface area (Å²) in [5.41, 5.74) is 0. The second-order valence-electron chi connectivity index (χ2n) is 3.43. The third-order valence-electron chi connectivity index (χ3n) is 2.28. The van der Waals surface area contributed by atoms with Crippen molar-refractivity contribution in [1.82, 2.24) is 4.57 Å². The largest absolute Gasteiger partial charge is 0.376 e. The van der Waals surface area contributed by atoms with Gasteiger partial charge in [-0.3, -0.25) is 5.41 Å². The molecule has 0 aromatic carbocycles. The summed E-state index contributed by atoms with van der Waals surface area (Å²) in [6, 6.07) is 0. The molecule has 1 N–H and O–H groups in total. The lowest BCUT2D eigenvalue weighted by atomic mass is 10.2. The average molecular weight is 198 g/mol. The van der Waals surface area contributed by atoms with Gasteiger partial charge in [0, 0.05) is 17.7 Å². The lowest BCUT2D eigenvalue weighted by molar-refractivity contribution is 0.0962. The van der Waals surface area contributed by atoms with Gasteiger partial charge in [0.2, 0.25) is 0 Å². The van der Waals surface area contributed by atoms with Crippen LogP contribution in [0.3, 0.4) is 0 Å². The van der Waals surface area contributed by atoms with Crippen LogP contribution in [0, 0.1) is 12.3 Å². The Hall–Kier alpha value is -0.610. The van der Waals surface area contributed by atoms with E-state index in [0.717, 1.165) is 19.6 Å². The molecule has 0 aliphatic carbocycles. The van der Waals surface area contributed by atoms with E-state index in [0.29, 0.717) is 10.9 Å². The minimum atomic E-state index is 0.336. The predicted octanol–water partition coefficient (Wildman–Crippen LogP) is 1.52. The monoisotopic (exact) mass is 198 g/mol. The van der Waals surface area contributed by atoms with Crippen LogP contribution in [-0.4, -0.2) is 17.3 Å². The molecule has 1 aromatic heterocycles. The highest BCUT2D eigenvalue weighted by Crippen LogP contribution is 2.14. The van der Waals surface area contributed by atoms with Crippen LogP contribution in [0.25, 0.3) is 0 Å². The van der Waals surface area contributed by atoms with Gasteiger partial charge in [0.15, 0.2) is 4.80 Å². The van der Waals surface area contributed by atoms with Gasteiger partial charge in [-0.15, -0.1) is 11.3 Å². The maximum atomic E-state index is 7.68. The van der Waals surface area contributed by atoms with Crippen LogP contribution >= 0.6 is 11.3 Å². The lowest BCUT2D eigenvalue weighted by Gasteiger charge is -2.09. The molecule has 0 saturated carbocycles. The summed E-state index contributed by atoms with van der Waals surface area (Å²) in [5.74, 6) is 0. The fraction of sp³-hybridized carbons (Fsp3) is 0.667. The third-order valence-corrected chi connectivity index (χ3v) is 3.14. The van der Waals surface area contributed by atoms with Crippen LogP contribution in [0.1, 0.15) is 17.7 Å². The Morgan fingerprint density at radius 2 is 2.62 bits per heavy atom. The molecule has 2 rings (SSSR count). The molecule has 4 heteroatoms. The molecule has 1 aromatic rings. The number of rotatable bonds is 2. The maximum Gasteiger partial charge on any atom is 0.182 e. The molecule has 0 spiro atoms. The van der Waals surface area contributed by atoms with Crippen molar-refractivity contribution in [2.24, 2.45) is 0 Å². The molecule has 1 atom stereocenters. The van der Waals surface area contributed by atoms with Gasteiger partial charge in [0.1, 0.15) is 0 Å². The van der Waals surface area contributed by atoms with Gasteiger partial charge >= 0.3 is 0 Å². The van der Waals surface area contributed by atoms with Crippen LogP contribution < -0.4 is 4.80 Å². The molecule has 2 heterocycles. The Labute approximate surface area is 81.5 Å². The Balaban J connectivity index is 2.08. The van der Waals surface area contributed by atoms with E-state index >= 15 is 0 Å². The summed E-state index contributed by atoms with van der Waals surface area (Å²) in [7, 11) is 0. The Morgan fingerprint density at radius 1 is 1.77 bits per heavy atom. The lowest BCUT2D eigenvalue weighted by Crippen LogP contribution is -2.21. The molecule has 1 aliphatic rings. The van der Waals surface area contributed by atoms with Crippen molar-refractivity contribution >= 4 is 11.3 Å². The molecule has 1 aliphatic heterocycles. The minimum Gasteiger partial charge on any atom is -0.376 e. The second-order valence-corrected chi connectivity index (χ2v) is 4.67. The first-order valence-electron chi connectivity index (χ1n) is 4.59. The van der Waals surface area contributed by atoms with E-state index in [1.54, 1.807) is 0 Å². The van der Waals surface area contributed by atoms with E-state index in [2.05, 4.69) is 0 Å². The standard InChI is InChI=1S/C9H14N2OS/c1-7-5-11(9(10)13-7)6-8-3-2-4-12-8/h5,8,10H,2-4,6H2,1H3/t8-/m0/s1. The SMILES string of the molecule is Cc1cn(C[C@@H]2CCCO2)c(=N)s1. The number of ether oxygens (including phenoxy) is 1. The summed E-state index contributed by atoms with van der Waals surface area (Å²) < 4.78 is 7.50. The summed E-state index contributed by atoms with van der Waals surface area (Å²) >= 11 is 1.53. The molecule has 1 saturated heterocycles. The zero-order valence-electron chi connectivity index (χ0n) is 7.75. The van der Waals surface area contributed by atoms with Crippen LogP contribution in [0.4, 0.5) is 0 Å². The quantitative estimate of drug-likeness (QED) is 0.768. The summed E-state index contributed by atoms with van der Waals surface area (Å²) in [5, 5.41) is 7.68. The number of hydrogen-bond acceptors (Lipinski definition) is 3. The molecule has 0 bridgehead atoms. The first-order chi connectivity index (χ1) is 6.25. The number of nitrogens with zero attached hydrogens (tertiary/aromatic N) is 1.